The number of fused-ring (bicyclic) bond motifs is 1. The van der Waals surface area contributed by atoms with Crippen molar-refractivity contribution >= 4 is 17.6 Å². The monoisotopic (exact) mass is 276 g/mol. The lowest BCUT2D eigenvalue weighted by Crippen LogP contribution is -2.49. The third kappa shape index (κ3) is 2.99. The molecule has 0 bridgehead atoms. The number of aliphatic carboxylic acids is 1. The number of hydrogen-bond acceptors (Lipinski definition) is 3. The second-order valence-electron chi connectivity index (χ2n) is 6.05. The van der Waals surface area contributed by atoms with Crippen LogP contribution < -0.4 is 10.2 Å². The molecular weight excluding hydrogens is 256 g/mol. The van der Waals surface area contributed by atoms with Crippen molar-refractivity contribution in [3.63, 3.8) is 0 Å². The van der Waals surface area contributed by atoms with Gasteiger partial charge in [0.1, 0.15) is 6.04 Å². The zero-order chi connectivity index (χ0) is 14.9. The molecule has 0 aliphatic carbocycles. The number of amides is 1. The van der Waals surface area contributed by atoms with E-state index in [0.29, 0.717) is 12.1 Å². The van der Waals surface area contributed by atoms with Gasteiger partial charge in [0.25, 0.3) is 0 Å². The van der Waals surface area contributed by atoms with E-state index in [1.165, 1.54) is 4.90 Å². The summed E-state index contributed by atoms with van der Waals surface area (Å²) in [5.74, 6) is -1.18. The fraction of sp³-hybridized carbons (Fsp3) is 0.467. The van der Waals surface area contributed by atoms with Crippen LogP contribution in [0.1, 0.15) is 26.3 Å². The molecule has 0 saturated carbocycles. The second-order valence-corrected chi connectivity index (χ2v) is 6.05. The Kier molecular flexibility index (Phi) is 3.81. The van der Waals surface area contributed by atoms with Crippen LogP contribution in [0.3, 0.4) is 0 Å². The van der Waals surface area contributed by atoms with Gasteiger partial charge in [-0.25, -0.2) is 4.79 Å². The van der Waals surface area contributed by atoms with E-state index >= 15 is 0 Å². The Balaban J connectivity index is 2.22. The lowest BCUT2D eigenvalue weighted by atomic mass is 10.1. The second kappa shape index (κ2) is 5.25. The predicted molar refractivity (Wildman–Crippen MR) is 76.8 cm³/mol. The molecule has 0 saturated heterocycles. The normalized spacial score (nSPS) is 17.9. The molecule has 0 fully saturated rings. The van der Waals surface area contributed by atoms with Crippen LogP contribution in [-0.4, -0.2) is 35.1 Å². The summed E-state index contributed by atoms with van der Waals surface area (Å²) in [4.78, 5) is 25.1. The smallest absolute Gasteiger partial charge is 0.327 e. The molecule has 2 N–H and O–H groups in total. The Morgan fingerprint density at radius 3 is 2.60 bits per heavy atom. The number of carboxylic acid groups (broad SMARTS) is 1. The molecule has 0 aromatic heterocycles. The van der Waals surface area contributed by atoms with Crippen LogP contribution in [0.5, 0.6) is 0 Å². The topological polar surface area (TPSA) is 69.6 Å². The van der Waals surface area contributed by atoms with Gasteiger partial charge in [-0.05, 0) is 32.4 Å². The molecule has 1 amide bonds. The van der Waals surface area contributed by atoms with Gasteiger partial charge in [0, 0.05) is 17.6 Å². The van der Waals surface area contributed by atoms with Crippen LogP contribution in [-0.2, 0) is 16.0 Å². The molecule has 1 aliphatic rings. The van der Waals surface area contributed by atoms with Crippen molar-refractivity contribution in [3.05, 3.63) is 29.8 Å². The van der Waals surface area contributed by atoms with Crippen molar-refractivity contribution in [2.75, 3.05) is 11.4 Å². The van der Waals surface area contributed by atoms with Crippen LogP contribution in [0.4, 0.5) is 5.69 Å². The summed E-state index contributed by atoms with van der Waals surface area (Å²) >= 11 is 0. The molecule has 1 atom stereocenters. The maximum atomic E-state index is 12.4. The summed E-state index contributed by atoms with van der Waals surface area (Å²) in [6.07, 6.45) is 0.368. The highest BCUT2D eigenvalue weighted by Crippen LogP contribution is 2.32. The van der Waals surface area contributed by atoms with Crippen molar-refractivity contribution in [1.29, 1.82) is 0 Å². The average Bonchev–Trinajstić information content (AvgIpc) is 2.74. The zero-order valence-electron chi connectivity index (χ0n) is 12.0. The lowest BCUT2D eigenvalue weighted by Gasteiger charge is -2.26. The van der Waals surface area contributed by atoms with Gasteiger partial charge in [-0.2, -0.15) is 0 Å². The first-order valence-corrected chi connectivity index (χ1v) is 6.67. The van der Waals surface area contributed by atoms with E-state index < -0.39 is 12.0 Å². The summed E-state index contributed by atoms with van der Waals surface area (Å²) in [5.41, 5.74) is 1.43. The SMILES string of the molecule is CC(C)(C)NCC(=O)N1c2ccccc2CC1C(=O)O. The molecule has 1 aliphatic heterocycles. The number of carbonyl (C=O) groups excluding carboxylic acids is 1. The van der Waals surface area contributed by atoms with Crippen molar-refractivity contribution in [1.82, 2.24) is 5.32 Å². The minimum absolute atomic E-state index is 0.127. The van der Waals surface area contributed by atoms with Crippen molar-refractivity contribution in [2.45, 2.75) is 38.8 Å². The van der Waals surface area contributed by atoms with Crippen LogP contribution in [0, 0.1) is 0 Å². The third-order valence-electron chi connectivity index (χ3n) is 3.30. The number of benzene rings is 1. The Labute approximate surface area is 118 Å². The summed E-state index contributed by atoms with van der Waals surface area (Å²) in [6.45, 7) is 6.02. The average molecular weight is 276 g/mol. The highest BCUT2D eigenvalue weighted by molar-refractivity contribution is 6.02. The first-order valence-electron chi connectivity index (χ1n) is 6.67. The van der Waals surface area contributed by atoms with Gasteiger partial charge in [-0.3, -0.25) is 9.69 Å². The number of carbonyl (C=O) groups is 2. The Morgan fingerprint density at radius 1 is 1.35 bits per heavy atom. The molecule has 108 valence electrons. The molecule has 0 spiro atoms. The maximum Gasteiger partial charge on any atom is 0.327 e. The quantitative estimate of drug-likeness (QED) is 0.876. The van der Waals surface area contributed by atoms with E-state index in [9.17, 15) is 14.7 Å². The maximum absolute atomic E-state index is 12.4. The van der Waals surface area contributed by atoms with Gasteiger partial charge >= 0.3 is 5.97 Å². The summed E-state index contributed by atoms with van der Waals surface area (Å²) in [7, 11) is 0. The van der Waals surface area contributed by atoms with E-state index in [-0.39, 0.29) is 18.0 Å². The van der Waals surface area contributed by atoms with E-state index in [1.807, 2.05) is 39.0 Å². The van der Waals surface area contributed by atoms with Gasteiger partial charge in [0.15, 0.2) is 0 Å². The number of hydrogen-bond donors (Lipinski definition) is 2. The predicted octanol–water partition coefficient (Wildman–Crippen LogP) is 1.42. The molecular formula is C15H20N2O3. The van der Waals surface area contributed by atoms with Crippen LogP contribution in [0.2, 0.25) is 0 Å². The number of anilines is 1. The molecule has 1 unspecified atom stereocenters. The van der Waals surface area contributed by atoms with Crippen molar-refractivity contribution in [3.8, 4) is 0 Å². The Bertz CT molecular complexity index is 534. The molecule has 5 heteroatoms. The fourth-order valence-electron chi connectivity index (χ4n) is 2.32. The number of nitrogens with one attached hydrogen (secondary N) is 1. The molecule has 5 nitrogen and oxygen atoms in total. The first kappa shape index (κ1) is 14.5. The van der Waals surface area contributed by atoms with E-state index in [2.05, 4.69) is 5.32 Å². The van der Waals surface area contributed by atoms with Gasteiger partial charge < -0.3 is 10.4 Å². The van der Waals surface area contributed by atoms with Crippen molar-refractivity contribution in [2.24, 2.45) is 0 Å². The number of para-hydroxylation sites is 1. The van der Waals surface area contributed by atoms with Crippen LogP contribution in [0.25, 0.3) is 0 Å². The molecule has 1 aromatic carbocycles. The molecule has 20 heavy (non-hydrogen) atoms. The van der Waals surface area contributed by atoms with Crippen molar-refractivity contribution < 1.29 is 14.7 Å². The molecule has 1 aromatic rings. The zero-order valence-corrected chi connectivity index (χ0v) is 12.0. The van der Waals surface area contributed by atoms with E-state index in [0.717, 1.165) is 5.56 Å². The number of rotatable bonds is 3. The highest BCUT2D eigenvalue weighted by Gasteiger charge is 2.38. The molecule has 2 rings (SSSR count). The van der Waals surface area contributed by atoms with E-state index in [1.54, 1.807) is 6.07 Å². The van der Waals surface area contributed by atoms with Gasteiger partial charge in [0.05, 0.1) is 6.54 Å². The number of carboxylic acids is 1. The minimum atomic E-state index is -0.967. The van der Waals surface area contributed by atoms with Gasteiger partial charge in [0.2, 0.25) is 5.91 Å². The van der Waals surface area contributed by atoms with Gasteiger partial charge in [-0.15, -0.1) is 0 Å². The standard InChI is InChI=1S/C15H20N2O3/c1-15(2,3)16-9-13(18)17-11-7-5-4-6-10(11)8-12(17)14(19)20/h4-7,12,16H,8-9H2,1-3H3,(H,19,20). The molecule has 1 heterocycles. The van der Waals surface area contributed by atoms with Crippen LogP contribution >= 0.6 is 0 Å². The number of nitrogens with zero attached hydrogens (tertiary/aromatic N) is 1. The molecule has 0 radical (unpaired) electrons. The summed E-state index contributed by atoms with van der Waals surface area (Å²) in [6, 6.07) is 6.55. The van der Waals surface area contributed by atoms with E-state index in [4.69, 9.17) is 0 Å². The largest absolute Gasteiger partial charge is 0.480 e. The lowest BCUT2D eigenvalue weighted by molar-refractivity contribution is -0.139. The Hall–Kier alpha value is -1.88. The fourth-order valence-corrected chi connectivity index (χ4v) is 2.32. The summed E-state index contributed by atoms with van der Waals surface area (Å²) < 4.78 is 0. The van der Waals surface area contributed by atoms with Crippen LogP contribution in [0.15, 0.2) is 24.3 Å². The summed E-state index contributed by atoms with van der Waals surface area (Å²) in [5, 5.41) is 12.4. The minimum Gasteiger partial charge on any atom is -0.480 e. The Morgan fingerprint density at radius 2 is 2.00 bits per heavy atom. The third-order valence-corrected chi connectivity index (χ3v) is 3.30. The highest BCUT2D eigenvalue weighted by atomic mass is 16.4. The first-order chi connectivity index (χ1) is 9.29. The van der Waals surface area contributed by atoms with Gasteiger partial charge in [-0.1, -0.05) is 18.2 Å².